The van der Waals surface area contributed by atoms with Gasteiger partial charge in [-0.2, -0.15) is 0 Å². The third-order valence-corrected chi connectivity index (χ3v) is 4.03. The number of hydrogen-bond acceptors (Lipinski definition) is 3. The topological polar surface area (TPSA) is 46.2 Å². The SMILES string of the molecule is CSc1cccc([C@H](c2ccc(F)cc2)[C@@H](O)CN)c1. The first-order valence-corrected chi connectivity index (χ1v) is 7.65. The summed E-state index contributed by atoms with van der Waals surface area (Å²) in [7, 11) is 0. The lowest BCUT2D eigenvalue weighted by Gasteiger charge is -2.23. The smallest absolute Gasteiger partial charge is 0.123 e. The Balaban J connectivity index is 2.43. The molecule has 2 atom stereocenters. The summed E-state index contributed by atoms with van der Waals surface area (Å²) in [5.74, 6) is -0.527. The van der Waals surface area contributed by atoms with Crippen LogP contribution in [-0.4, -0.2) is 24.0 Å². The van der Waals surface area contributed by atoms with Gasteiger partial charge in [0.15, 0.2) is 0 Å². The van der Waals surface area contributed by atoms with Gasteiger partial charge in [-0.3, -0.25) is 0 Å². The van der Waals surface area contributed by atoms with E-state index in [0.29, 0.717) is 0 Å². The van der Waals surface area contributed by atoms with Crippen molar-refractivity contribution in [3.63, 3.8) is 0 Å². The molecule has 4 heteroatoms. The molecule has 2 nitrogen and oxygen atoms in total. The molecule has 0 aromatic heterocycles. The van der Waals surface area contributed by atoms with Crippen LogP contribution in [0.25, 0.3) is 0 Å². The van der Waals surface area contributed by atoms with E-state index in [1.165, 1.54) is 12.1 Å². The van der Waals surface area contributed by atoms with Crippen molar-refractivity contribution >= 4 is 11.8 Å². The molecule has 0 aliphatic rings. The quantitative estimate of drug-likeness (QED) is 0.833. The van der Waals surface area contributed by atoms with E-state index in [2.05, 4.69) is 0 Å². The number of hydrogen-bond donors (Lipinski definition) is 2. The van der Waals surface area contributed by atoms with Crippen LogP contribution in [0, 0.1) is 5.82 Å². The van der Waals surface area contributed by atoms with Crippen molar-refractivity contribution in [2.45, 2.75) is 16.9 Å². The van der Waals surface area contributed by atoms with Gasteiger partial charge in [-0.1, -0.05) is 24.3 Å². The lowest BCUT2D eigenvalue weighted by atomic mass is 9.86. The second-order valence-corrected chi connectivity index (χ2v) is 5.49. The van der Waals surface area contributed by atoms with Gasteiger partial charge in [0.25, 0.3) is 0 Å². The van der Waals surface area contributed by atoms with Crippen LogP contribution in [0.2, 0.25) is 0 Å². The fraction of sp³-hybridized carbons (Fsp3) is 0.250. The minimum atomic E-state index is -0.697. The third kappa shape index (κ3) is 3.39. The van der Waals surface area contributed by atoms with Crippen molar-refractivity contribution in [1.82, 2.24) is 0 Å². The molecule has 20 heavy (non-hydrogen) atoms. The van der Waals surface area contributed by atoms with E-state index in [4.69, 9.17) is 5.73 Å². The third-order valence-electron chi connectivity index (χ3n) is 3.31. The standard InChI is InChI=1S/C16H18FNOS/c1-20-14-4-2-3-12(9-14)16(15(19)10-18)11-5-7-13(17)8-6-11/h2-9,15-16,19H,10,18H2,1H3/t15-,16-/m0/s1. The first-order chi connectivity index (χ1) is 9.65. The van der Waals surface area contributed by atoms with Crippen LogP contribution in [-0.2, 0) is 0 Å². The monoisotopic (exact) mass is 291 g/mol. The Hall–Kier alpha value is -1.36. The Labute approximate surface area is 122 Å². The van der Waals surface area contributed by atoms with Gasteiger partial charge in [-0.05, 0) is 41.6 Å². The molecule has 0 aliphatic heterocycles. The molecule has 0 heterocycles. The van der Waals surface area contributed by atoms with Gasteiger partial charge in [-0.15, -0.1) is 11.8 Å². The lowest BCUT2D eigenvalue weighted by Crippen LogP contribution is -2.28. The van der Waals surface area contributed by atoms with Crippen molar-refractivity contribution in [2.24, 2.45) is 5.73 Å². The largest absolute Gasteiger partial charge is 0.391 e. The van der Waals surface area contributed by atoms with E-state index < -0.39 is 6.10 Å². The van der Waals surface area contributed by atoms with Crippen molar-refractivity contribution in [2.75, 3.05) is 12.8 Å². The average Bonchev–Trinajstić information content (AvgIpc) is 2.49. The van der Waals surface area contributed by atoms with Crippen LogP contribution in [0.15, 0.2) is 53.4 Å². The van der Waals surface area contributed by atoms with Gasteiger partial charge >= 0.3 is 0 Å². The van der Waals surface area contributed by atoms with Gasteiger partial charge in [0.1, 0.15) is 5.82 Å². The van der Waals surface area contributed by atoms with Crippen molar-refractivity contribution in [3.8, 4) is 0 Å². The zero-order chi connectivity index (χ0) is 14.5. The predicted molar refractivity (Wildman–Crippen MR) is 81.5 cm³/mol. The molecule has 0 spiro atoms. The molecular formula is C16H18FNOS. The Kier molecular flexibility index (Phi) is 5.17. The maximum atomic E-state index is 13.1. The fourth-order valence-corrected chi connectivity index (χ4v) is 2.75. The minimum absolute atomic E-state index is 0.158. The van der Waals surface area contributed by atoms with Crippen molar-refractivity contribution in [3.05, 3.63) is 65.5 Å². The summed E-state index contributed by atoms with van der Waals surface area (Å²) in [6.07, 6.45) is 1.31. The van der Waals surface area contributed by atoms with E-state index >= 15 is 0 Å². The first-order valence-electron chi connectivity index (χ1n) is 6.43. The second kappa shape index (κ2) is 6.88. The highest BCUT2D eigenvalue weighted by atomic mass is 32.2. The van der Waals surface area contributed by atoms with Crippen LogP contribution >= 0.6 is 11.8 Å². The van der Waals surface area contributed by atoms with E-state index in [9.17, 15) is 9.50 Å². The Morgan fingerprint density at radius 3 is 2.45 bits per heavy atom. The van der Waals surface area contributed by atoms with Crippen LogP contribution in [0.3, 0.4) is 0 Å². The van der Waals surface area contributed by atoms with Crippen LogP contribution in [0.5, 0.6) is 0 Å². The second-order valence-electron chi connectivity index (χ2n) is 4.61. The van der Waals surface area contributed by atoms with Crippen molar-refractivity contribution in [1.29, 1.82) is 0 Å². The molecule has 3 N–H and O–H groups in total. The van der Waals surface area contributed by atoms with Gasteiger partial charge in [0.2, 0.25) is 0 Å². The molecule has 0 saturated heterocycles. The molecule has 0 bridgehead atoms. The number of aliphatic hydroxyl groups excluding tert-OH is 1. The van der Waals surface area contributed by atoms with E-state index in [-0.39, 0.29) is 18.3 Å². The van der Waals surface area contributed by atoms with E-state index in [1.807, 2.05) is 30.5 Å². The van der Waals surface area contributed by atoms with Crippen LogP contribution in [0.4, 0.5) is 4.39 Å². The number of benzene rings is 2. The van der Waals surface area contributed by atoms with Gasteiger partial charge in [0.05, 0.1) is 6.10 Å². The lowest BCUT2D eigenvalue weighted by molar-refractivity contribution is 0.164. The van der Waals surface area contributed by atoms with E-state index in [0.717, 1.165) is 16.0 Å². The van der Waals surface area contributed by atoms with E-state index in [1.54, 1.807) is 23.9 Å². The Bertz CT molecular complexity index is 559. The summed E-state index contributed by atoms with van der Waals surface area (Å²) in [4.78, 5) is 1.12. The number of aliphatic hydroxyl groups is 1. The predicted octanol–water partition coefficient (Wildman–Crippen LogP) is 3.00. The number of halogens is 1. The Morgan fingerprint density at radius 1 is 1.15 bits per heavy atom. The maximum absolute atomic E-state index is 13.1. The fourth-order valence-electron chi connectivity index (χ4n) is 2.28. The zero-order valence-electron chi connectivity index (χ0n) is 11.3. The highest BCUT2D eigenvalue weighted by Gasteiger charge is 2.22. The number of thioether (sulfide) groups is 1. The Morgan fingerprint density at radius 2 is 1.85 bits per heavy atom. The molecule has 0 amide bonds. The van der Waals surface area contributed by atoms with Crippen LogP contribution < -0.4 is 5.73 Å². The van der Waals surface area contributed by atoms with Gasteiger partial charge in [0, 0.05) is 17.4 Å². The molecule has 0 unspecified atom stereocenters. The molecular weight excluding hydrogens is 273 g/mol. The number of nitrogens with two attached hydrogens (primary N) is 1. The van der Waals surface area contributed by atoms with Crippen LogP contribution in [0.1, 0.15) is 17.0 Å². The summed E-state index contributed by atoms with van der Waals surface area (Å²) in [5, 5.41) is 10.2. The molecule has 2 rings (SSSR count). The maximum Gasteiger partial charge on any atom is 0.123 e. The summed E-state index contributed by atoms with van der Waals surface area (Å²) >= 11 is 1.64. The average molecular weight is 291 g/mol. The highest BCUT2D eigenvalue weighted by Crippen LogP contribution is 2.30. The molecule has 2 aromatic carbocycles. The van der Waals surface area contributed by atoms with Crippen molar-refractivity contribution < 1.29 is 9.50 Å². The molecule has 106 valence electrons. The molecule has 0 saturated carbocycles. The number of rotatable bonds is 5. The van der Waals surface area contributed by atoms with Gasteiger partial charge in [-0.25, -0.2) is 4.39 Å². The summed E-state index contributed by atoms with van der Waals surface area (Å²) < 4.78 is 13.1. The summed E-state index contributed by atoms with van der Waals surface area (Å²) in [6.45, 7) is 0.158. The zero-order valence-corrected chi connectivity index (χ0v) is 12.1. The summed E-state index contributed by atoms with van der Waals surface area (Å²) in [6, 6.07) is 14.2. The highest BCUT2D eigenvalue weighted by molar-refractivity contribution is 7.98. The minimum Gasteiger partial charge on any atom is -0.391 e. The normalized spacial score (nSPS) is 14.0. The molecule has 2 aromatic rings. The molecule has 0 aliphatic carbocycles. The first kappa shape index (κ1) is 15.0. The summed E-state index contributed by atoms with van der Waals surface area (Å²) in [5.41, 5.74) is 7.47. The van der Waals surface area contributed by atoms with Gasteiger partial charge < -0.3 is 10.8 Å². The molecule has 0 radical (unpaired) electrons. The molecule has 0 fully saturated rings.